The van der Waals surface area contributed by atoms with Crippen molar-refractivity contribution >= 4 is 41.2 Å². The van der Waals surface area contributed by atoms with Crippen molar-refractivity contribution in [3.8, 4) is 12.1 Å². The summed E-state index contributed by atoms with van der Waals surface area (Å²) in [6.45, 7) is 4.02. The summed E-state index contributed by atoms with van der Waals surface area (Å²) in [6, 6.07) is 17.0. The van der Waals surface area contributed by atoms with Gasteiger partial charge in [-0.15, -0.1) is 0 Å². The summed E-state index contributed by atoms with van der Waals surface area (Å²) < 4.78 is 0. The van der Waals surface area contributed by atoms with Crippen LogP contribution in [0.25, 0.3) is 6.08 Å². The zero-order valence-corrected chi connectivity index (χ0v) is 19.4. The highest BCUT2D eigenvalue weighted by Gasteiger charge is 2.07. The van der Waals surface area contributed by atoms with Crippen LogP contribution in [0.15, 0.2) is 66.9 Å². The van der Waals surface area contributed by atoms with E-state index in [4.69, 9.17) is 20.7 Å². The smallest absolute Gasteiger partial charge is 0.328 e. The normalized spacial score (nSPS) is 10.1. The summed E-state index contributed by atoms with van der Waals surface area (Å²) in [5.41, 5.74) is 5.46. The molecule has 0 aliphatic heterocycles. The molecule has 1 heterocycles. The molecule has 0 aliphatic carbocycles. The highest BCUT2D eigenvalue weighted by molar-refractivity contribution is 5.89. The van der Waals surface area contributed by atoms with Gasteiger partial charge in [-0.1, -0.05) is 0 Å². The number of nitrogens with one attached hydrogen (secondary N) is 2. The highest BCUT2D eigenvalue weighted by atomic mass is 16.4. The Labute approximate surface area is 207 Å². The van der Waals surface area contributed by atoms with Gasteiger partial charge in [-0.05, 0) is 79.1 Å². The second kappa shape index (κ2) is 13.3. The lowest BCUT2D eigenvalue weighted by Gasteiger charge is -2.14. The molecule has 0 unspecified atom stereocenters. The molecule has 0 saturated carbocycles. The molecular formula is C26H22N6O4. The average Bonchev–Trinajstić information content (AvgIpc) is 2.85. The van der Waals surface area contributed by atoms with Crippen molar-refractivity contribution in [3.63, 3.8) is 0 Å². The van der Waals surface area contributed by atoms with Gasteiger partial charge in [0.05, 0.1) is 17.7 Å². The minimum absolute atomic E-state index is 0.457. The number of carboxylic acid groups (broad SMARTS) is 2. The molecule has 0 bridgehead atoms. The van der Waals surface area contributed by atoms with E-state index >= 15 is 0 Å². The molecule has 0 amide bonds. The standard InChI is InChI=1S/C22H18N6.C4H4O4/c1-15-12-18(4-3-10-23)13-16(2)21(15)27-20-9-11-25-22(28-20)26-19-7-5-17(14-24)6-8-19;5-3(6)1-2-4(7)8/h3-9,11-13H,1-2H3,(H2,25,26,27,28);1-2H,(H,5,6)(H,7,8)/b4-3+;2-1-. The number of aryl methyl sites for hydroxylation is 2. The Kier molecular flexibility index (Phi) is 9.88. The summed E-state index contributed by atoms with van der Waals surface area (Å²) in [5, 5.41) is 39.7. The maximum absolute atomic E-state index is 9.55. The highest BCUT2D eigenvalue weighted by Crippen LogP contribution is 2.26. The molecule has 0 fully saturated rings. The van der Waals surface area contributed by atoms with E-state index in [1.807, 2.05) is 44.2 Å². The maximum atomic E-state index is 9.55. The number of carboxylic acids is 2. The van der Waals surface area contributed by atoms with Crippen LogP contribution < -0.4 is 10.6 Å². The lowest BCUT2D eigenvalue weighted by atomic mass is 10.0. The van der Waals surface area contributed by atoms with Crippen LogP contribution in [0.2, 0.25) is 0 Å². The van der Waals surface area contributed by atoms with Gasteiger partial charge in [0.15, 0.2) is 0 Å². The Morgan fingerprint density at radius 2 is 1.56 bits per heavy atom. The molecule has 0 saturated heterocycles. The van der Waals surface area contributed by atoms with Gasteiger partial charge in [0.1, 0.15) is 5.82 Å². The number of carbonyl (C=O) groups is 2. The third kappa shape index (κ3) is 8.81. The Morgan fingerprint density at radius 1 is 0.944 bits per heavy atom. The number of aromatic nitrogens is 2. The third-order valence-electron chi connectivity index (χ3n) is 4.45. The minimum atomic E-state index is -1.26. The maximum Gasteiger partial charge on any atom is 0.328 e. The molecule has 3 aromatic rings. The van der Waals surface area contributed by atoms with E-state index < -0.39 is 11.9 Å². The van der Waals surface area contributed by atoms with Crippen molar-refractivity contribution < 1.29 is 19.8 Å². The number of anilines is 4. The number of benzene rings is 2. The lowest BCUT2D eigenvalue weighted by Crippen LogP contribution is -2.02. The van der Waals surface area contributed by atoms with Gasteiger partial charge in [0.2, 0.25) is 5.95 Å². The molecule has 0 aliphatic rings. The van der Waals surface area contributed by atoms with Crippen LogP contribution in [0.5, 0.6) is 0 Å². The predicted octanol–water partition coefficient (Wildman–Crippen LogP) is 4.70. The first-order valence-electron chi connectivity index (χ1n) is 10.4. The average molecular weight is 483 g/mol. The van der Waals surface area contributed by atoms with E-state index in [0.29, 0.717) is 29.5 Å². The largest absolute Gasteiger partial charge is 0.478 e. The van der Waals surface area contributed by atoms with E-state index in [0.717, 1.165) is 28.1 Å². The summed E-state index contributed by atoms with van der Waals surface area (Å²) in [4.78, 5) is 27.9. The molecular weight excluding hydrogens is 460 g/mol. The quantitative estimate of drug-likeness (QED) is 0.273. The van der Waals surface area contributed by atoms with Crippen LogP contribution >= 0.6 is 0 Å². The van der Waals surface area contributed by atoms with Crippen LogP contribution in [0.4, 0.5) is 23.1 Å². The van der Waals surface area contributed by atoms with Gasteiger partial charge >= 0.3 is 11.9 Å². The molecule has 10 nitrogen and oxygen atoms in total. The summed E-state index contributed by atoms with van der Waals surface area (Å²) in [6.07, 6.45) is 6.04. The van der Waals surface area contributed by atoms with Crippen LogP contribution in [-0.2, 0) is 9.59 Å². The zero-order chi connectivity index (χ0) is 26.5. The SMILES string of the molecule is Cc1cc(/C=C/C#N)cc(C)c1Nc1ccnc(Nc2ccc(C#N)cc2)n1.O=C(O)/C=C\C(=O)O. The Hall–Kier alpha value is -5.48. The van der Waals surface area contributed by atoms with E-state index in [2.05, 4.69) is 26.7 Å². The number of rotatable bonds is 7. The summed E-state index contributed by atoms with van der Waals surface area (Å²) >= 11 is 0. The van der Waals surface area contributed by atoms with Gasteiger partial charge in [0, 0.05) is 35.8 Å². The number of allylic oxidation sites excluding steroid dienone is 1. The van der Waals surface area contributed by atoms with Crippen molar-refractivity contribution in [2.75, 3.05) is 10.6 Å². The molecule has 0 spiro atoms. The fourth-order valence-electron chi connectivity index (χ4n) is 2.94. The van der Waals surface area contributed by atoms with Crippen LogP contribution in [0.3, 0.4) is 0 Å². The Balaban J connectivity index is 0.000000493. The predicted molar refractivity (Wildman–Crippen MR) is 135 cm³/mol. The number of aliphatic carboxylic acids is 2. The fourth-order valence-corrected chi connectivity index (χ4v) is 2.94. The Bertz CT molecular complexity index is 1340. The first-order valence-corrected chi connectivity index (χ1v) is 10.4. The molecule has 180 valence electrons. The van der Waals surface area contributed by atoms with E-state index in [9.17, 15) is 9.59 Å². The van der Waals surface area contributed by atoms with Crippen LogP contribution in [0, 0.1) is 36.5 Å². The minimum Gasteiger partial charge on any atom is -0.478 e. The van der Waals surface area contributed by atoms with Gasteiger partial charge in [-0.2, -0.15) is 15.5 Å². The molecule has 10 heteroatoms. The van der Waals surface area contributed by atoms with Gasteiger partial charge in [-0.25, -0.2) is 14.6 Å². The van der Waals surface area contributed by atoms with E-state index in [1.165, 1.54) is 6.08 Å². The first-order chi connectivity index (χ1) is 17.2. The first kappa shape index (κ1) is 26.8. The molecule has 4 N–H and O–H groups in total. The van der Waals surface area contributed by atoms with Crippen molar-refractivity contribution in [1.29, 1.82) is 10.5 Å². The second-order valence-electron chi connectivity index (χ2n) is 7.21. The fraction of sp³-hybridized carbons (Fsp3) is 0.0769. The molecule has 1 aromatic heterocycles. The second-order valence-corrected chi connectivity index (χ2v) is 7.21. The van der Waals surface area contributed by atoms with Gasteiger partial charge in [-0.3, -0.25) is 0 Å². The molecule has 3 rings (SSSR count). The van der Waals surface area contributed by atoms with Crippen molar-refractivity contribution in [1.82, 2.24) is 9.97 Å². The molecule has 2 aromatic carbocycles. The monoisotopic (exact) mass is 482 g/mol. The van der Waals surface area contributed by atoms with Gasteiger partial charge < -0.3 is 20.8 Å². The van der Waals surface area contributed by atoms with Crippen molar-refractivity contribution in [3.05, 3.63) is 89.1 Å². The topological polar surface area (TPSA) is 172 Å². The molecule has 36 heavy (non-hydrogen) atoms. The van der Waals surface area contributed by atoms with Gasteiger partial charge in [0.25, 0.3) is 0 Å². The summed E-state index contributed by atoms with van der Waals surface area (Å²) in [7, 11) is 0. The van der Waals surface area contributed by atoms with E-state index in [1.54, 1.807) is 30.5 Å². The number of nitrogens with zero attached hydrogens (tertiary/aromatic N) is 4. The zero-order valence-electron chi connectivity index (χ0n) is 19.4. The Morgan fingerprint density at radius 3 is 2.08 bits per heavy atom. The van der Waals surface area contributed by atoms with Crippen molar-refractivity contribution in [2.24, 2.45) is 0 Å². The van der Waals surface area contributed by atoms with Crippen molar-refractivity contribution in [2.45, 2.75) is 13.8 Å². The summed E-state index contributed by atoms with van der Waals surface area (Å²) in [5.74, 6) is -1.39. The third-order valence-corrected chi connectivity index (χ3v) is 4.45. The van der Waals surface area contributed by atoms with Crippen LogP contribution in [0.1, 0.15) is 22.3 Å². The molecule has 0 atom stereocenters. The number of nitriles is 2. The number of hydrogen-bond acceptors (Lipinski definition) is 8. The molecule has 0 radical (unpaired) electrons. The van der Waals surface area contributed by atoms with E-state index in [-0.39, 0.29) is 0 Å². The lowest BCUT2D eigenvalue weighted by molar-refractivity contribution is -0.134. The number of hydrogen-bond donors (Lipinski definition) is 4. The van der Waals surface area contributed by atoms with Crippen LogP contribution in [-0.4, -0.2) is 32.1 Å².